The van der Waals surface area contributed by atoms with E-state index < -0.39 is 6.17 Å². The van der Waals surface area contributed by atoms with Crippen LogP contribution in [0.5, 0.6) is 0 Å². The Kier molecular flexibility index (Phi) is 1.67. The Morgan fingerprint density at radius 1 is 1.70 bits per heavy atom. The van der Waals surface area contributed by atoms with E-state index in [2.05, 4.69) is 5.32 Å². The second-order valence-corrected chi connectivity index (χ2v) is 3.44. The first-order valence-electron chi connectivity index (χ1n) is 3.45. The van der Waals surface area contributed by atoms with Crippen molar-refractivity contribution in [3.05, 3.63) is 0 Å². The van der Waals surface area contributed by atoms with Crippen LogP contribution in [-0.4, -0.2) is 17.6 Å². The number of halogens is 1. The molecule has 0 bridgehead atoms. The molecule has 0 aromatic rings. The Balaban J connectivity index is 2.59. The normalized spacial score (nSPS) is 31.5. The van der Waals surface area contributed by atoms with Crippen molar-refractivity contribution in [1.82, 2.24) is 5.32 Å². The Morgan fingerprint density at radius 3 is 2.70 bits per heavy atom. The Morgan fingerprint density at radius 2 is 2.30 bits per heavy atom. The van der Waals surface area contributed by atoms with Gasteiger partial charge >= 0.3 is 0 Å². The molecular formula is C7H12FNO. The summed E-state index contributed by atoms with van der Waals surface area (Å²) in [6.07, 6.45) is -0.494. The van der Waals surface area contributed by atoms with Gasteiger partial charge in [0.2, 0.25) is 5.91 Å². The van der Waals surface area contributed by atoms with Gasteiger partial charge in [0.05, 0.1) is 6.42 Å². The fourth-order valence-corrected chi connectivity index (χ4v) is 1.31. The lowest BCUT2D eigenvalue weighted by Gasteiger charge is -2.32. The molecule has 1 aliphatic rings. The van der Waals surface area contributed by atoms with E-state index in [1.165, 1.54) is 0 Å². The van der Waals surface area contributed by atoms with Crippen molar-refractivity contribution in [2.45, 2.75) is 38.4 Å². The van der Waals surface area contributed by atoms with Crippen molar-refractivity contribution < 1.29 is 9.18 Å². The van der Waals surface area contributed by atoms with Gasteiger partial charge in [0.25, 0.3) is 0 Å². The maximum absolute atomic E-state index is 12.7. The Bertz CT molecular complexity index is 156. The lowest BCUT2D eigenvalue weighted by Crippen LogP contribution is -2.50. The number of carbonyl (C=O) groups excluding carboxylic acids is 1. The molecule has 1 aliphatic heterocycles. The fourth-order valence-electron chi connectivity index (χ4n) is 1.31. The molecular weight excluding hydrogens is 133 g/mol. The Labute approximate surface area is 59.8 Å². The van der Waals surface area contributed by atoms with Crippen LogP contribution >= 0.6 is 0 Å². The average Bonchev–Trinajstić information content (AvgIpc) is 1.54. The van der Waals surface area contributed by atoms with Crippen LogP contribution in [0.4, 0.5) is 4.39 Å². The highest BCUT2D eigenvalue weighted by Gasteiger charge is 2.31. The van der Waals surface area contributed by atoms with Gasteiger partial charge in [-0.15, -0.1) is 0 Å². The van der Waals surface area contributed by atoms with Crippen molar-refractivity contribution in [3.8, 4) is 0 Å². The maximum atomic E-state index is 12.7. The molecule has 0 aromatic carbocycles. The molecule has 1 unspecified atom stereocenters. The molecule has 0 saturated carbocycles. The number of hydrogen-bond donors (Lipinski definition) is 1. The van der Waals surface area contributed by atoms with Crippen LogP contribution in [0.3, 0.4) is 0 Å². The number of hydrogen-bond acceptors (Lipinski definition) is 1. The molecule has 1 heterocycles. The van der Waals surface area contributed by atoms with Crippen LogP contribution in [0, 0.1) is 0 Å². The first kappa shape index (κ1) is 7.51. The molecule has 1 N–H and O–H groups in total. The number of alkyl halides is 1. The van der Waals surface area contributed by atoms with Crippen molar-refractivity contribution in [2.75, 3.05) is 0 Å². The zero-order valence-corrected chi connectivity index (χ0v) is 6.28. The summed E-state index contributed by atoms with van der Waals surface area (Å²) in [5.41, 5.74) is -0.352. The third-order valence-electron chi connectivity index (χ3n) is 1.62. The summed E-state index contributed by atoms with van der Waals surface area (Å²) in [5.74, 6) is -0.177. The molecule has 1 rings (SSSR count). The number of amides is 1. The minimum Gasteiger partial charge on any atom is -0.351 e. The number of piperidine rings is 1. The van der Waals surface area contributed by atoms with Gasteiger partial charge in [-0.1, -0.05) is 0 Å². The summed E-state index contributed by atoms with van der Waals surface area (Å²) < 4.78 is 12.7. The molecule has 0 aliphatic carbocycles. The predicted molar refractivity (Wildman–Crippen MR) is 36.4 cm³/mol. The Hall–Kier alpha value is -0.600. The third kappa shape index (κ3) is 1.69. The molecule has 1 atom stereocenters. The van der Waals surface area contributed by atoms with Gasteiger partial charge in [0.1, 0.15) is 6.17 Å². The highest BCUT2D eigenvalue weighted by Crippen LogP contribution is 2.20. The van der Waals surface area contributed by atoms with Crippen LogP contribution in [-0.2, 0) is 4.79 Å². The minimum atomic E-state index is -0.955. The zero-order chi connectivity index (χ0) is 7.78. The second-order valence-electron chi connectivity index (χ2n) is 3.44. The molecule has 1 saturated heterocycles. The van der Waals surface area contributed by atoms with E-state index in [-0.39, 0.29) is 17.9 Å². The second kappa shape index (κ2) is 2.22. The summed E-state index contributed by atoms with van der Waals surface area (Å²) in [6, 6.07) is 0. The number of nitrogens with one attached hydrogen (secondary N) is 1. The standard InChI is InChI=1S/C7H12FNO/c1-7(2)4-5(8)3-6(10)9-7/h5H,3-4H2,1-2H3,(H,9,10). The van der Waals surface area contributed by atoms with Crippen LogP contribution < -0.4 is 5.32 Å². The molecule has 0 radical (unpaired) electrons. The first-order valence-corrected chi connectivity index (χ1v) is 3.45. The van der Waals surface area contributed by atoms with Crippen LogP contribution in [0.2, 0.25) is 0 Å². The molecule has 1 amide bonds. The summed E-state index contributed by atoms with van der Waals surface area (Å²) >= 11 is 0. The minimum absolute atomic E-state index is 0.0312. The van der Waals surface area contributed by atoms with Gasteiger partial charge in [-0.2, -0.15) is 0 Å². The van der Waals surface area contributed by atoms with Crippen LogP contribution in [0.1, 0.15) is 26.7 Å². The highest BCUT2D eigenvalue weighted by molar-refractivity contribution is 5.78. The van der Waals surface area contributed by atoms with Crippen molar-refractivity contribution in [3.63, 3.8) is 0 Å². The largest absolute Gasteiger partial charge is 0.351 e. The van der Waals surface area contributed by atoms with E-state index >= 15 is 0 Å². The summed E-state index contributed by atoms with van der Waals surface area (Å²) in [6.45, 7) is 3.66. The first-order chi connectivity index (χ1) is 4.49. The van der Waals surface area contributed by atoms with E-state index in [4.69, 9.17) is 0 Å². The topological polar surface area (TPSA) is 29.1 Å². The highest BCUT2D eigenvalue weighted by atomic mass is 19.1. The average molecular weight is 145 g/mol. The van der Waals surface area contributed by atoms with E-state index in [1.807, 2.05) is 13.8 Å². The molecule has 0 spiro atoms. The van der Waals surface area contributed by atoms with E-state index in [1.54, 1.807) is 0 Å². The maximum Gasteiger partial charge on any atom is 0.223 e. The molecule has 10 heavy (non-hydrogen) atoms. The van der Waals surface area contributed by atoms with Crippen molar-refractivity contribution in [1.29, 1.82) is 0 Å². The quantitative estimate of drug-likeness (QED) is 0.541. The summed E-state index contributed by atoms with van der Waals surface area (Å²) in [7, 11) is 0. The third-order valence-corrected chi connectivity index (χ3v) is 1.62. The zero-order valence-electron chi connectivity index (χ0n) is 6.28. The van der Waals surface area contributed by atoms with Gasteiger partial charge in [0.15, 0.2) is 0 Å². The van der Waals surface area contributed by atoms with Gasteiger partial charge < -0.3 is 5.32 Å². The molecule has 0 aromatic heterocycles. The van der Waals surface area contributed by atoms with E-state index in [9.17, 15) is 9.18 Å². The summed E-state index contributed by atoms with van der Waals surface area (Å²) in [4.78, 5) is 10.7. The number of carbonyl (C=O) groups is 1. The molecule has 3 heteroatoms. The molecule has 2 nitrogen and oxygen atoms in total. The van der Waals surface area contributed by atoms with Crippen molar-refractivity contribution in [2.24, 2.45) is 0 Å². The molecule has 1 fully saturated rings. The lowest BCUT2D eigenvalue weighted by atomic mass is 9.92. The fraction of sp³-hybridized carbons (Fsp3) is 0.857. The van der Waals surface area contributed by atoms with Gasteiger partial charge in [0, 0.05) is 12.0 Å². The molecule has 58 valence electrons. The monoisotopic (exact) mass is 145 g/mol. The SMILES string of the molecule is CC1(C)CC(F)CC(=O)N1. The lowest BCUT2D eigenvalue weighted by molar-refractivity contribution is -0.126. The van der Waals surface area contributed by atoms with E-state index in [0.29, 0.717) is 6.42 Å². The van der Waals surface area contributed by atoms with Crippen molar-refractivity contribution >= 4 is 5.91 Å². The van der Waals surface area contributed by atoms with Crippen LogP contribution in [0.15, 0.2) is 0 Å². The van der Waals surface area contributed by atoms with Gasteiger partial charge in [-0.3, -0.25) is 4.79 Å². The predicted octanol–water partition coefficient (Wildman–Crippen LogP) is 1.01. The van der Waals surface area contributed by atoms with Crippen LogP contribution in [0.25, 0.3) is 0 Å². The van der Waals surface area contributed by atoms with E-state index in [0.717, 1.165) is 0 Å². The summed E-state index contributed by atoms with van der Waals surface area (Å²) in [5, 5.41) is 2.71. The number of rotatable bonds is 0. The van der Waals surface area contributed by atoms with Gasteiger partial charge in [-0.25, -0.2) is 4.39 Å². The van der Waals surface area contributed by atoms with Gasteiger partial charge in [-0.05, 0) is 13.8 Å². The smallest absolute Gasteiger partial charge is 0.223 e.